The van der Waals surface area contributed by atoms with E-state index in [0.29, 0.717) is 17.1 Å². The summed E-state index contributed by atoms with van der Waals surface area (Å²) in [5, 5.41) is 24.8. The number of aliphatic hydroxyl groups is 2. The third-order valence-corrected chi connectivity index (χ3v) is 8.78. The molecule has 1 aromatic heterocycles. The average Bonchev–Trinajstić information content (AvgIpc) is 3.22. The van der Waals surface area contributed by atoms with Crippen molar-refractivity contribution in [3.8, 4) is 0 Å². The molecule has 9 heteroatoms. The van der Waals surface area contributed by atoms with E-state index in [1.165, 1.54) is 11.3 Å². The van der Waals surface area contributed by atoms with E-state index in [1.807, 2.05) is 26.2 Å². The number of ether oxygens (including phenoxy) is 2. The minimum atomic E-state index is -1.27. The molecular formula is C26H38ClNO6S. The van der Waals surface area contributed by atoms with Gasteiger partial charge in [-0.25, -0.2) is 4.98 Å². The summed E-state index contributed by atoms with van der Waals surface area (Å²) in [4.78, 5) is 30.5. The Morgan fingerprint density at radius 3 is 2.57 bits per heavy atom. The van der Waals surface area contributed by atoms with E-state index in [0.717, 1.165) is 24.3 Å². The van der Waals surface area contributed by atoms with Gasteiger partial charge in [-0.3, -0.25) is 9.59 Å². The number of ketones is 1. The van der Waals surface area contributed by atoms with Gasteiger partial charge in [0.15, 0.2) is 0 Å². The molecule has 0 spiro atoms. The summed E-state index contributed by atoms with van der Waals surface area (Å²) in [5.41, 5.74) is -0.904. The first-order chi connectivity index (χ1) is 16.2. The largest absolute Gasteiger partial charge is 0.456 e. The molecule has 2 fully saturated rings. The van der Waals surface area contributed by atoms with E-state index in [1.54, 1.807) is 26.8 Å². The van der Waals surface area contributed by atoms with Gasteiger partial charge in [-0.1, -0.05) is 45.7 Å². The van der Waals surface area contributed by atoms with E-state index >= 15 is 0 Å². The van der Waals surface area contributed by atoms with Gasteiger partial charge in [0.05, 0.1) is 51.5 Å². The molecule has 35 heavy (non-hydrogen) atoms. The topological polar surface area (TPSA) is 109 Å². The highest BCUT2D eigenvalue weighted by Crippen LogP contribution is 2.45. The number of carbonyl (C=O) groups excluding carboxylic acids is 2. The molecule has 196 valence electrons. The summed E-state index contributed by atoms with van der Waals surface area (Å²) in [6, 6.07) is 0. The first kappa shape index (κ1) is 28.3. The Hall–Kier alpha value is -1.32. The Kier molecular flexibility index (Phi) is 8.86. The first-order valence-corrected chi connectivity index (χ1v) is 13.6. The fraction of sp³-hybridized carbons (Fsp3) is 0.731. The number of thiazole rings is 1. The van der Waals surface area contributed by atoms with Crippen molar-refractivity contribution in [3.05, 3.63) is 21.1 Å². The van der Waals surface area contributed by atoms with Gasteiger partial charge in [-0.05, 0) is 38.7 Å². The highest BCUT2D eigenvalue weighted by atomic mass is 35.5. The Morgan fingerprint density at radius 2 is 1.94 bits per heavy atom. The SMILES string of the molecule is Cc1nc(/C=C(\Cl)[C@@H]2C[C@@H]3O[C@]3(C)CCC[C@H](C)[C@H](O)[C@@H](C)C(=O)C(C)(C)[C@@H](O)CC(=O)O2)cs1. The van der Waals surface area contributed by atoms with Gasteiger partial charge >= 0.3 is 5.97 Å². The van der Waals surface area contributed by atoms with Crippen LogP contribution in [0.15, 0.2) is 10.4 Å². The zero-order valence-corrected chi connectivity index (χ0v) is 23.0. The molecule has 0 radical (unpaired) electrons. The van der Waals surface area contributed by atoms with Crippen LogP contribution in [0.25, 0.3) is 6.08 Å². The number of esters is 1. The molecule has 0 unspecified atom stereocenters. The highest BCUT2D eigenvalue weighted by molar-refractivity contribution is 7.09. The molecule has 2 aliphatic heterocycles. The summed E-state index contributed by atoms with van der Waals surface area (Å²) in [5.74, 6) is -1.70. The minimum absolute atomic E-state index is 0.0905. The first-order valence-electron chi connectivity index (χ1n) is 12.3. The van der Waals surface area contributed by atoms with Crippen LogP contribution in [-0.2, 0) is 19.1 Å². The van der Waals surface area contributed by atoms with Crippen molar-refractivity contribution in [3.63, 3.8) is 0 Å². The highest BCUT2D eigenvalue weighted by Gasteiger charge is 2.53. The molecule has 7 nitrogen and oxygen atoms in total. The van der Waals surface area contributed by atoms with Crippen molar-refractivity contribution in [2.75, 3.05) is 0 Å². The van der Waals surface area contributed by atoms with Crippen LogP contribution in [0.4, 0.5) is 0 Å². The number of epoxide rings is 1. The van der Waals surface area contributed by atoms with Gasteiger partial charge in [0.1, 0.15) is 11.9 Å². The normalized spacial score (nSPS) is 37.5. The summed E-state index contributed by atoms with van der Waals surface area (Å²) in [6.07, 6.45) is 1.08. The number of Topliss-reactive ketones (excluding diaryl/α,β-unsaturated/α-hetero) is 1. The van der Waals surface area contributed by atoms with E-state index in [9.17, 15) is 19.8 Å². The van der Waals surface area contributed by atoms with E-state index in [4.69, 9.17) is 21.1 Å². The van der Waals surface area contributed by atoms with Crippen LogP contribution in [0.5, 0.6) is 0 Å². The molecule has 0 aliphatic carbocycles. The number of carbonyl (C=O) groups is 2. The number of aromatic nitrogens is 1. The summed E-state index contributed by atoms with van der Waals surface area (Å²) in [6.45, 7) is 10.7. The van der Waals surface area contributed by atoms with Crippen molar-refractivity contribution in [1.82, 2.24) is 4.98 Å². The molecule has 3 heterocycles. The Labute approximate surface area is 216 Å². The predicted octanol–water partition coefficient (Wildman–Crippen LogP) is 4.65. The van der Waals surface area contributed by atoms with Gasteiger partial charge in [0, 0.05) is 17.7 Å². The van der Waals surface area contributed by atoms with Crippen LogP contribution < -0.4 is 0 Å². The number of fused-ring (bicyclic) bond motifs is 1. The maximum Gasteiger partial charge on any atom is 0.309 e. The zero-order valence-electron chi connectivity index (χ0n) is 21.4. The van der Waals surface area contributed by atoms with Crippen molar-refractivity contribution in [1.29, 1.82) is 0 Å². The molecule has 2 N–H and O–H groups in total. The predicted molar refractivity (Wildman–Crippen MR) is 136 cm³/mol. The minimum Gasteiger partial charge on any atom is -0.456 e. The van der Waals surface area contributed by atoms with Crippen molar-refractivity contribution < 1.29 is 29.3 Å². The number of nitrogens with zero attached hydrogens (tertiary/aromatic N) is 1. The van der Waals surface area contributed by atoms with Crippen LogP contribution >= 0.6 is 22.9 Å². The lowest BCUT2D eigenvalue weighted by Gasteiger charge is -2.34. The van der Waals surface area contributed by atoms with E-state index in [2.05, 4.69) is 4.98 Å². The molecule has 0 saturated carbocycles. The number of cyclic esters (lactones) is 1. The van der Waals surface area contributed by atoms with Gasteiger partial charge in [0.25, 0.3) is 0 Å². The second-order valence-corrected chi connectivity index (χ2v) is 12.4. The molecule has 2 aliphatic rings. The standard InChI is InChI=1S/C26H38ClNO6S/c1-14-8-7-9-26(6)21(34-26)11-19(18(27)10-17-13-35-16(3)28-17)33-22(30)12-20(29)25(4,5)24(32)15(2)23(14)31/h10,13-15,19-21,23,29,31H,7-9,11-12H2,1-6H3/b18-10-/t14-,15+,19-,20-,21-,23-,26+/m0/s1. The third-order valence-electron chi connectivity index (χ3n) is 7.64. The lowest BCUT2D eigenvalue weighted by Crippen LogP contribution is -2.45. The summed E-state index contributed by atoms with van der Waals surface area (Å²) < 4.78 is 11.7. The lowest BCUT2D eigenvalue weighted by molar-refractivity contribution is -0.154. The molecule has 1 aromatic rings. The third kappa shape index (κ3) is 6.72. The van der Waals surface area contributed by atoms with Crippen LogP contribution in [0, 0.1) is 24.2 Å². The number of hydrogen-bond donors (Lipinski definition) is 2. The van der Waals surface area contributed by atoms with Gasteiger partial charge < -0.3 is 19.7 Å². The van der Waals surface area contributed by atoms with Gasteiger partial charge in [-0.15, -0.1) is 11.3 Å². The van der Waals surface area contributed by atoms with Crippen LogP contribution in [0.3, 0.4) is 0 Å². The summed E-state index contributed by atoms with van der Waals surface area (Å²) in [7, 11) is 0. The average molecular weight is 528 g/mol. The van der Waals surface area contributed by atoms with Gasteiger partial charge in [-0.2, -0.15) is 0 Å². The quantitative estimate of drug-likeness (QED) is 0.425. The Balaban J connectivity index is 1.85. The number of rotatable bonds is 2. The van der Waals surface area contributed by atoms with Gasteiger partial charge in [0.2, 0.25) is 0 Å². The molecule has 2 saturated heterocycles. The molecular weight excluding hydrogens is 490 g/mol. The molecule has 7 atom stereocenters. The number of halogens is 1. The fourth-order valence-corrected chi connectivity index (χ4v) is 5.68. The second kappa shape index (κ2) is 11.0. The molecule has 0 aromatic carbocycles. The number of aliphatic hydroxyl groups excluding tert-OH is 2. The maximum atomic E-state index is 13.2. The zero-order chi connectivity index (χ0) is 26.1. The van der Waals surface area contributed by atoms with E-state index < -0.39 is 35.6 Å². The maximum absolute atomic E-state index is 13.2. The van der Waals surface area contributed by atoms with E-state index in [-0.39, 0.29) is 29.8 Å². The monoisotopic (exact) mass is 527 g/mol. The van der Waals surface area contributed by atoms with Crippen molar-refractivity contribution >= 4 is 40.8 Å². The van der Waals surface area contributed by atoms with Crippen LogP contribution in [-0.4, -0.2) is 57.0 Å². The fourth-order valence-electron chi connectivity index (χ4n) is 4.86. The smallest absolute Gasteiger partial charge is 0.309 e. The Morgan fingerprint density at radius 1 is 1.26 bits per heavy atom. The van der Waals surface area contributed by atoms with Crippen molar-refractivity contribution in [2.24, 2.45) is 17.3 Å². The molecule has 0 amide bonds. The van der Waals surface area contributed by atoms with Crippen molar-refractivity contribution in [2.45, 2.75) is 104 Å². The number of hydrogen-bond acceptors (Lipinski definition) is 8. The van der Waals surface area contributed by atoms with Crippen LogP contribution in [0.1, 0.15) is 77.4 Å². The second-order valence-electron chi connectivity index (χ2n) is 10.9. The van der Waals surface area contributed by atoms with Crippen LogP contribution in [0.2, 0.25) is 0 Å². The molecule has 0 bridgehead atoms. The Bertz CT molecular complexity index is 961. The molecule has 3 rings (SSSR count). The lowest BCUT2D eigenvalue weighted by atomic mass is 9.73. The number of aryl methyl sites for hydroxylation is 1. The summed E-state index contributed by atoms with van der Waals surface area (Å²) >= 11 is 8.11.